The summed E-state index contributed by atoms with van der Waals surface area (Å²) in [4.78, 5) is 2.34. The third-order valence-electron chi connectivity index (χ3n) is 4.21. The Bertz CT molecular complexity index is 399. The lowest BCUT2D eigenvalue weighted by molar-refractivity contribution is 0.0317. The summed E-state index contributed by atoms with van der Waals surface area (Å²) in [5, 5.41) is 0. The van der Waals surface area contributed by atoms with Gasteiger partial charge < -0.3 is 14.9 Å². The molecule has 3 unspecified atom stereocenters. The van der Waals surface area contributed by atoms with Crippen molar-refractivity contribution in [3.8, 4) is 0 Å². The summed E-state index contributed by atoms with van der Waals surface area (Å²) in [6, 6.07) is 4.32. The number of aryl methyl sites for hydroxylation is 1. The van der Waals surface area contributed by atoms with E-state index in [1.807, 2.05) is 13.0 Å². The molecule has 4 heteroatoms. The van der Waals surface area contributed by atoms with E-state index in [0.717, 1.165) is 37.7 Å². The number of hydrogen-bond donors (Lipinski definition) is 1. The second kappa shape index (κ2) is 7.25. The summed E-state index contributed by atoms with van der Waals surface area (Å²) in [7, 11) is 2.15. The van der Waals surface area contributed by atoms with Gasteiger partial charge in [-0.3, -0.25) is 4.90 Å². The molecule has 4 nitrogen and oxygen atoms in total. The molecule has 2 heterocycles. The highest BCUT2D eigenvalue weighted by molar-refractivity contribution is 5.12. The molecule has 1 saturated heterocycles. The van der Waals surface area contributed by atoms with Gasteiger partial charge in [-0.05, 0) is 51.3 Å². The highest BCUT2D eigenvalue weighted by Crippen LogP contribution is 2.27. The maximum atomic E-state index is 6.33. The van der Waals surface area contributed by atoms with Gasteiger partial charge in [0.05, 0.1) is 12.6 Å². The maximum absolute atomic E-state index is 6.33. The van der Waals surface area contributed by atoms with Crippen molar-refractivity contribution in [1.82, 2.24) is 4.90 Å². The second-order valence-corrected chi connectivity index (χ2v) is 5.99. The zero-order valence-electron chi connectivity index (χ0n) is 13.0. The van der Waals surface area contributed by atoms with Gasteiger partial charge in [0.25, 0.3) is 0 Å². The molecular formula is C16H28N2O2. The zero-order chi connectivity index (χ0) is 14.5. The number of rotatable bonds is 6. The van der Waals surface area contributed by atoms with E-state index in [0.29, 0.717) is 5.92 Å². The quantitative estimate of drug-likeness (QED) is 0.870. The Kier molecular flexibility index (Phi) is 5.64. The molecule has 3 atom stereocenters. The molecule has 20 heavy (non-hydrogen) atoms. The zero-order valence-corrected chi connectivity index (χ0v) is 13.0. The molecule has 0 aromatic carbocycles. The summed E-state index contributed by atoms with van der Waals surface area (Å²) in [5.74, 6) is 2.54. The van der Waals surface area contributed by atoms with Crippen molar-refractivity contribution in [2.75, 3.05) is 26.8 Å². The third kappa shape index (κ3) is 3.84. The van der Waals surface area contributed by atoms with Gasteiger partial charge in [0, 0.05) is 19.2 Å². The molecule has 1 fully saturated rings. The van der Waals surface area contributed by atoms with E-state index in [4.69, 9.17) is 14.9 Å². The van der Waals surface area contributed by atoms with Crippen LogP contribution in [-0.4, -0.2) is 37.7 Å². The van der Waals surface area contributed by atoms with E-state index in [1.165, 1.54) is 12.8 Å². The standard InChI is InChI=1S/C16H28N2O2/c1-4-14(17)16(15-8-7-12(2)20-15)18(3)10-13-6-5-9-19-11-13/h7-8,13-14,16H,4-6,9-11,17H2,1-3H3. The third-order valence-corrected chi connectivity index (χ3v) is 4.21. The number of likely N-dealkylation sites (N-methyl/N-ethyl adjacent to an activating group) is 1. The van der Waals surface area contributed by atoms with E-state index >= 15 is 0 Å². The highest BCUT2D eigenvalue weighted by Gasteiger charge is 2.28. The van der Waals surface area contributed by atoms with E-state index in [-0.39, 0.29) is 12.1 Å². The Morgan fingerprint density at radius 2 is 2.25 bits per heavy atom. The van der Waals surface area contributed by atoms with Gasteiger partial charge in [-0.15, -0.1) is 0 Å². The minimum Gasteiger partial charge on any atom is -0.465 e. The fraction of sp³-hybridized carbons (Fsp3) is 0.750. The first-order chi connectivity index (χ1) is 9.61. The Hall–Kier alpha value is -0.840. The number of nitrogens with two attached hydrogens (primary N) is 1. The molecule has 2 rings (SSSR count). The molecule has 114 valence electrons. The lowest BCUT2D eigenvalue weighted by atomic mass is 9.98. The van der Waals surface area contributed by atoms with Gasteiger partial charge >= 0.3 is 0 Å². The van der Waals surface area contributed by atoms with Crippen molar-refractivity contribution < 1.29 is 9.15 Å². The Morgan fingerprint density at radius 3 is 2.80 bits per heavy atom. The SMILES string of the molecule is CCC(N)C(c1ccc(C)o1)N(C)CC1CCCOC1. The van der Waals surface area contributed by atoms with E-state index in [1.54, 1.807) is 0 Å². The molecular weight excluding hydrogens is 252 g/mol. The molecule has 1 aliphatic heterocycles. The van der Waals surface area contributed by atoms with Crippen LogP contribution in [-0.2, 0) is 4.74 Å². The first-order valence-corrected chi connectivity index (χ1v) is 7.71. The van der Waals surface area contributed by atoms with Crippen LogP contribution in [0.1, 0.15) is 43.7 Å². The average molecular weight is 280 g/mol. The van der Waals surface area contributed by atoms with Gasteiger partial charge in [-0.2, -0.15) is 0 Å². The maximum Gasteiger partial charge on any atom is 0.122 e. The van der Waals surface area contributed by atoms with Crippen LogP contribution in [0.4, 0.5) is 0 Å². The molecule has 1 aliphatic rings. The predicted octanol–water partition coefficient (Wildman–Crippen LogP) is 2.72. The highest BCUT2D eigenvalue weighted by atomic mass is 16.5. The molecule has 0 spiro atoms. The van der Waals surface area contributed by atoms with Crippen molar-refractivity contribution in [3.63, 3.8) is 0 Å². The van der Waals surface area contributed by atoms with Crippen LogP contribution < -0.4 is 5.73 Å². The molecule has 1 aromatic heterocycles. The monoisotopic (exact) mass is 280 g/mol. The van der Waals surface area contributed by atoms with Crippen molar-refractivity contribution in [2.24, 2.45) is 11.7 Å². The Labute approximate surface area is 122 Å². The number of ether oxygens (including phenoxy) is 1. The van der Waals surface area contributed by atoms with Gasteiger partial charge in [-0.25, -0.2) is 0 Å². The van der Waals surface area contributed by atoms with Crippen LogP contribution in [0.5, 0.6) is 0 Å². The summed E-state index contributed by atoms with van der Waals surface area (Å²) < 4.78 is 11.4. The van der Waals surface area contributed by atoms with Crippen molar-refractivity contribution in [3.05, 3.63) is 23.7 Å². The minimum absolute atomic E-state index is 0.0926. The topological polar surface area (TPSA) is 51.6 Å². The number of nitrogens with zero attached hydrogens (tertiary/aromatic N) is 1. The van der Waals surface area contributed by atoms with Crippen LogP contribution in [0.15, 0.2) is 16.5 Å². The summed E-state index contributed by atoms with van der Waals surface area (Å²) >= 11 is 0. The largest absolute Gasteiger partial charge is 0.465 e. The summed E-state index contributed by atoms with van der Waals surface area (Å²) in [6.45, 7) is 6.90. The van der Waals surface area contributed by atoms with Gasteiger partial charge in [0.1, 0.15) is 11.5 Å². The molecule has 1 aromatic rings. The van der Waals surface area contributed by atoms with Crippen molar-refractivity contribution >= 4 is 0 Å². The summed E-state index contributed by atoms with van der Waals surface area (Å²) in [6.07, 6.45) is 3.36. The fourth-order valence-corrected chi connectivity index (χ4v) is 3.06. The van der Waals surface area contributed by atoms with Gasteiger partial charge in [-0.1, -0.05) is 6.92 Å². The minimum atomic E-state index is 0.0926. The average Bonchev–Trinajstić information content (AvgIpc) is 2.86. The van der Waals surface area contributed by atoms with Gasteiger partial charge in [0.15, 0.2) is 0 Å². The summed E-state index contributed by atoms with van der Waals surface area (Å²) in [5.41, 5.74) is 6.33. The van der Waals surface area contributed by atoms with Crippen LogP contribution in [0, 0.1) is 12.8 Å². The van der Waals surface area contributed by atoms with Crippen molar-refractivity contribution in [1.29, 1.82) is 0 Å². The van der Waals surface area contributed by atoms with Gasteiger partial charge in [0.2, 0.25) is 0 Å². The van der Waals surface area contributed by atoms with Crippen molar-refractivity contribution in [2.45, 2.75) is 45.2 Å². The van der Waals surface area contributed by atoms with Crippen LogP contribution in [0.2, 0.25) is 0 Å². The lowest BCUT2D eigenvalue weighted by Crippen LogP contribution is -2.41. The van der Waals surface area contributed by atoms with Crippen LogP contribution >= 0.6 is 0 Å². The molecule has 0 bridgehead atoms. The first kappa shape index (κ1) is 15.5. The molecule has 2 N–H and O–H groups in total. The fourth-order valence-electron chi connectivity index (χ4n) is 3.06. The van der Waals surface area contributed by atoms with E-state index in [9.17, 15) is 0 Å². The first-order valence-electron chi connectivity index (χ1n) is 7.71. The Balaban J connectivity index is 2.05. The second-order valence-electron chi connectivity index (χ2n) is 5.99. The molecule has 0 saturated carbocycles. The predicted molar refractivity (Wildman–Crippen MR) is 80.6 cm³/mol. The number of furan rings is 1. The lowest BCUT2D eigenvalue weighted by Gasteiger charge is -2.34. The van der Waals surface area contributed by atoms with Crippen LogP contribution in [0.25, 0.3) is 0 Å². The smallest absolute Gasteiger partial charge is 0.122 e. The van der Waals surface area contributed by atoms with Crippen LogP contribution in [0.3, 0.4) is 0 Å². The molecule has 0 aliphatic carbocycles. The number of hydrogen-bond acceptors (Lipinski definition) is 4. The van der Waals surface area contributed by atoms with E-state index in [2.05, 4.69) is 24.9 Å². The normalized spacial score (nSPS) is 22.9. The molecule has 0 radical (unpaired) electrons. The molecule has 0 amide bonds. The Morgan fingerprint density at radius 1 is 1.45 bits per heavy atom. The van der Waals surface area contributed by atoms with E-state index < -0.39 is 0 Å².